The second-order valence-electron chi connectivity index (χ2n) is 5.19. The molecular formula is C16H22N2O2. The normalized spacial score (nSPS) is 22.4. The number of hydrogen-bond donors (Lipinski definition) is 1. The summed E-state index contributed by atoms with van der Waals surface area (Å²) in [5, 5.41) is 12.8. The number of nitriles is 1. The number of nitrogens with zero attached hydrogens (tertiary/aromatic N) is 1. The zero-order valence-electron chi connectivity index (χ0n) is 12.2. The molecule has 20 heavy (non-hydrogen) atoms. The summed E-state index contributed by atoms with van der Waals surface area (Å²) in [6.07, 6.45) is 5.53. The molecule has 4 nitrogen and oxygen atoms in total. The standard InChI is InChI=1S/C16H22N2O2/c1-19-13-8-9-16(20-2)15(10-13)18-14-7-5-3-4-6-12(14)11-17/h8-10,12,14,18H,3-7H2,1-2H3. The van der Waals surface area contributed by atoms with E-state index >= 15 is 0 Å². The van der Waals surface area contributed by atoms with Gasteiger partial charge in [0.05, 0.1) is 31.9 Å². The lowest BCUT2D eigenvalue weighted by molar-refractivity contribution is 0.403. The van der Waals surface area contributed by atoms with Crippen molar-refractivity contribution in [2.75, 3.05) is 19.5 Å². The Bertz CT molecular complexity index is 482. The van der Waals surface area contributed by atoms with E-state index < -0.39 is 0 Å². The second kappa shape index (κ2) is 7.04. The van der Waals surface area contributed by atoms with Crippen LogP contribution in [0, 0.1) is 17.2 Å². The predicted octanol–water partition coefficient (Wildman–Crippen LogP) is 3.59. The smallest absolute Gasteiger partial charge is 0.142 e. The van der Waals surface area contributed by atoms with Gasteiger partial charge in [-0.15, -0.1) is 0 Å². The maximum absolute atomic E-state index is 9.35. The van der Waals surface area contributed by atoms with E-state index in [0.717, 1.165) is 36.4 Å². The van der Waals surface area contributed by atoms with Gasteiger partial charge in [-0.3, -0.25) is 0 Å². The van der Waals surface area contributed by atoms with Gasteiger partial charge in [0.2, 0.25) is 0 Å². The zero-order chi connectivity index (χ0) is 14.4. The summed E-state index contributed by atoms with van der Waals surface area (Å²) in [5.74, 6) is 1.63. The summed E-state index contributed by atoms with van der Waals surface area (Å²) in [7, 11) is 3.30. The van der Waals surface area contributed by atoms with E-state index in [4.69, 9.17) is 9.47 Å². The van der Waals surface area contributed by atoms with E-state index in [1.807, 2.05) is 18.2 Å². The molecule has 0 bridgehead atoms. The van der Waals surface area contributed by atoms with E-state index in [9.17, 15) is 5.26 Å². The first kappa shape index (κ1) is 14.5. The highest BCUT2D eigenvalue weighted by atomic mass is 16.5. The second-order valence-corrected chi connectivity index (χ2v) is 5.19. The molecule has 4 heteroatoms. The van der Waals surface area contributed by atoms with Gasteiger partial charge < -0.3 is 14.8 Å². The number of anilines is 1. The molecular weight excluding hydrogens is 252 g/mol. The van der Waals surface area contributed by atoms with Crippen LogP contribution in [0.5, 0.6) is 11.5 Å². The average molecular weight is 274 g/mol. The SMILES string of the molecule is COc1ccc(OC)c(NC2CCCCCC2C#N)c1. The van der Waals surface area contributed by atoms with Crippen LogP contribution in [0.15, 0.2) is 18.2 Å². The third-order valence-electron chi connectivity index (χ3n) is 3.93. The van der Waals surface area contributed by atoms with Gasteiger partial charge in [0.15, 0.2) is 0 Å². The summed E-state index contributed by atoms with van der Waals surface area (Å²) < 4.78 is 10.6. The number of methoxy groups -OCH3 is 2. The largest absolute Gasteiger partial charge is 0.497 e. The van der Waals surface area contributed by atoms with Crippen LogP contribution >= 0.6 is 0 Å². The molecule has 1 aliphatic rings. The first-order valence-electron chi connectivity index (χ1n) is 7.16. The first-order chi connectivity index (χ1) is 9.78. The first-order valence-corrected chi connectivity index (χ1v) is 7.16. The van der Waals surface area contributed by atoms with Crippen LogP contribution in [0.4, 0.5) is 5.69 Å². The number of hydrogen-bond acceptors (Lipinski definition) is 4. The molecule has 2 unspecified atom stereocenters. The fourth-order valence-electron chi connectivity index (χ4n) is 2.76. The van der Waals surface area contributed by atoms with Crippen molar-refractivity contribution in [2.24, 2.45) is 5.92 Å². The minimum absolute atomic E-state index is 0.0633. The van der Waals surface area contributed by atoms with Gasteiger partial charge in [0.1, 0.15) is 11.5 Å². The van der Waals surface area contributed by atoms with Crippen LogP contribution in [0.1, 0.15) is 32.1 Å². The summed E-state index contributed by atoms with van der Waals surface area (Å²) in [4.78, 5) is 0. The molecule has 1 aliphatic carbocycles. The fraction of sp³-hybridized carbons (Fsp3) is 0.562. The minimum atomic E-state index is 0.0633. The quantitative estimate of drug-likeness (QED) is 0.852. The zero-order valence-corrected chi connectivity index (χ0v) is 12.2. The predicted molar refractivity (Wildman–Crippen MR) is 79.1 cm³/mol. The Balaban J connectivity index is 2.20. The van der Waals surface area contributed by atoms with E-state index in [-0.39, 0.29) is 12.0 Å². The highest BCUT2D eigenvalue weighted by Gasteiger charge is 2.24. The Morgan fingerprint density at radius 1 is 1.15 bits per heavy atom. The number of benzene rings is 1. The van der Waals surface area contributed by atoms with Crippen molar-refractivity contribution >= 4 is 5.69 Å². The molecule has 2 rings (SSSR count). The van der Waals surface area contributed by atoms with Crippen molar-refractivity contribution in [3.8, 4) is 17.6 Å². The molecule has 1 aromatic carbocycles. The Morgan fingerprint density at radius 3 is 2.65 bits per heavy atom. The maximum Gasteiger partial charge on any atom is 0.142 e. The monoisotopic (exact) mass is 274 g/mol. The van der Waals surface area contributed by atoms with Gasteiger partial charge in [-0.25, -0.2) is 0 Å². The molecule has 1 N–H and O–H groups in total. The van der Waals surface area contributed by atoms with E-state index in [1.54, 1.807) is 14.2 Å². The van der Waals surface area contributed by atoms with Crippen LogP contribution in [0.3, 0.4) is 0 Å². The molecule has 0 saturated heterocycles. The topological polar surface area (TPSA) is 54.3 Å². The third kappa shape index (κ3) is 3.36. The fourth-order valence-corrected chi connectivity index (χ4v) is 2.76. The van der Waals surface area contributed by atoms with Crippen LogP contribution in [-0.2, 0) is 0 Å². The molecule has 108 valence electrons. The molecule has 2 atom stereocenters. The van der Waals surface area contributed by atoms with E-state index in [1.165, 1.54) is 12.8 Å². The number of ether oxygens (including phenoxy) is 2. The Morgan fingerprint density at radius 2 is 1.95 bits per heavy atom. The van der Waals surface area contributed by atoms with Crippen molar-refractivity contribution in [1.29, 1.82) is 5.26 Å². The lowest BCUT2D eigenvalue weighted by Gasteiger charge is -2.23. The molecule has 0 amide bonds. The summed E-state index contributed by atoms with van der Waals surface area (Å²) in [6, 6.07) is 8.32. The van der Waals surface area contributed by atoms with Crippen LogP contribution in [-0.4, -0.2) is 20.3 Å². The van der Waals surface area contributed by atoms with Crippen molar-refractivity contribution in [3.05, 3.63) is 18.2 Å². The van der Waals surface area contributed by atoms with Gasteiger partial charge in [-0.05, 0) is 25.0 Å². The Hall–Kier alpha value is -1.89. The molecule has 0 aliphatic heterocycles. The summed E-state index contributed by atoms with van der Waals surface area (Å²) >= 11 is 0. The molecule has 0 heterocycles. The van der Waals surface area contributed by atoms with Crippen molar-refractivity contribution in [1.82, 2.24) is 0 Å². The van der Waals surface area contributed by atoms with Crippen LogP contribution in [0.2, 0.25) is 0 Å². The molecule has 0 spiro atoms. The van der Waals surface area contributed by atoms with Gasteiger partial charge in [-0.2, -0.15) is 5.26 Å². The van der Waals surface area contributed by atoms with Crippen molar-refractivity contribution in [2.45, 2.75) is 38.1 Å². The van der Waals surface area contributed by atoms with Gasteiger partial charge in [0, 0.05) is 12.1 Å². The Kier molecular flexibility index (Phi) is 5.11. The summed E-state index contributed by atoms with van der Waals surface area (Å²) in [5.41, 5.74) is 0.902. The maximum atomic E-state index is 9.35. The molecule has 0 radical (unpaired) electrons. The Labute approximate surface area is 120 Å². The van der Waals surface area contributed by atoms with Crippen molar-refractivity contribution in [3.63, 3.8) is 0 Å². The van der Waals surface area contributed by atoms with E-state index in [2.05, 4.69) is 11.4 Å². The average Bonchev–Trinajstić information content (AvgIpc) is 2.72. The van der Waals surface area contributed by atoms with Gasteiger partial charge in [-0.1, -0.05) is 19.3 Å². The molecule has 1 aromatic rings. The number of nitrogens with one attached hydrogen (secondary N) is 1. The lowest BCUT2D eigenvalue weighted by atomic mass is 9.96. The van der Waals surface area contributed by atoms with Gasteiger partial charge >= 0.3 is 0 Å². The number of rotatable bonds is 4. The highest BCUT2D eigenvalue weighted by Crippen LogP contribution is 2.33. The van der Waals surface area contributed by atoms with Crippen LogP contribution in [0.25, 0.3) is 0 Å². The van der Waals surface area contributed by atoms with E-state index in [0.29, 0.717) is 0 Å². The molecule has 1 saturated carbocycles. The van der Waals surface area contributed by atoms with Crippen LogP contribution < -0.4 is 14.8 Å². The van der Waals surface area contributed by atoms with Gasteiger partial charge in [0.25, 0.3) is 0 Å². The molecule has 0 aromatic heterocycles. The highest BCUT2D eigenvalue weighted by molar-refractivity contribution is 5.60. The van der Waals surface area contributed by atoms with Crippen molar-refractivity contribution < 1.29 is 9.47 Å². The molecule has 1 fully saturated rings. The third-order valence-corrected chi connectivity index (χ3v) is 3.93. The summed E-state index contributed by atoms with van der Waals surface area (Å²) in [6.45, 7) is 0. The minimum Gasteiger partial charge on any atom is -0.497 e. The lowest BCUT2D eigenvalue weighted by Crippen LogP contribution is -2.27.